The van der Waals surface area contributed by atoms with Gasteiger partial charge in [-0.15, -0.1) is 0 Å². The van der Waals surface area contributed by atoms with Gasteiger partial charge in [-0.1, -0.05) is 72.8 Å². The molecule has 2 aromatic heterocycles. The van der Waals surface area contributed by atoms with E-state index in [-0.39, 0.29) is 0 Å². The number of rotatable bonds is 4. The molecule has 0 amide bonds. The van der Waals surface area contributed by atoms with Crippen molar-refractivity contribution in [3.63, 3.8) is 0 Å². The SMILES string of the molecule is c1ccc(-c2cc(-c3ccccc3)nc(Nc3nc4ccccc4[nH]3)n2)cc1. The number of nitrogens with zero attached hydrogens (tertiary/aromatic N) is 3. The fourth-order valence-corrected chi connectivity index (χ4v) is 3.13. The third-order valence-electron chi connectivity index (χ3n) is 4.48. The van der Waals surface area contributed by atoms with Gasteiger partial charge in [-0.2, -0.15) is 0 Å². The fourth-order valence-electron chi connectivity index (χ4n) is 3.13. The lowest BCUT2D eigenvalue weighted by Gasteiger charge is -2.09. The van der Waals surface area contributed by atoms with Crippen LogP contribution in [0.1, 0.15) is 0 Å². The van der Waals surface area contributed by atoms with Crippen molar-refractivity contribution in [3.05, 3.63) is 91.0 Å². The number of imidazole rings is 1. The Morgan fingerprint density at radius 2 is 1.18 bits per heavy atom. The van der Waals surface area contributed by atoms with Gasteiger partial charge in [0.25, 0.3) is 0 Å². The summed E-state index contributed by atoms with van der Waals surface area (Å²) in [7, 11) is 0. The van der Waals surface area contributed by atoms with E-state index in [1.165, 1.54) is 0 Å². The van der Waals surface area contributed by atoms with Gasteiger partial charge in [0, 0.05) is 11.1 Å². The number of anilines is 2. The molecule has 0 aliphatic heterocycles. The number of benzene rings is 3. The summed E-state index contributed by atoms with van der Waals surface area (Å²) in [6.45, 7) is 0. The molecule has 3 aromatic carbocycles. The van der Waals surface area contributed by atoms with Gasteiger partial charge in [-0.05, 0) is 18.2 Å². The molecule has 0 bridgehead atoms. The molecule has 0 saturated carbocycles. The third-order valence-corrected chi connectivity index (χ3v) is 4.48. The van der Waals surface area contributed by atoms with E-state index in [0.717, 1.165) is 33.5 Å². The van der Waals surface area contributed by atoms with Gasteiger partial charge in [0.2, 0.25) is 11.9 Å². The Balaban J connectivity index is 1.60. The van der Waals surface area contributed by atoms with Gasteiger partial charge in [0.05, 0.1) is 22.4 Å². The summed E-state index contributed by atoms with van der Waals surface area (Å²) in [4.78, 5) is 17.3. The van der Waals surface area contributed by atoms with Crippen molar-refractivity contribution in [2.75, 3.05) is 5.32 Å². The first-order valence-corrected chi connectivity index (χ1v) is 9.07. The van der Waals surface area contributed by atoms with Crippen molar-refractivity contribution in [2.24, 2.45) is 0 Å². The molecular weight excluding hydrogens is 346 g/mol. The summed E-state index contributed by atoms with van der Waals surface area (Å²) in [5, 5.41) is 3.22. The molecule has 2 N–H and O–H groups in total. The largest absolute Gasteiger partial charge is 0.324 e. The maximum Gasteiger partial charge on any atom is 0.230 e. The average Bonchev–Trinajstić information content (AvgIpc) is 3.17. The Bertz CT molecular complexity index is 1140. The molecule has 134 valence electrons. The van der Waals surface area contributed by atoms with Crippen molar-refractivity contribution in [1.82, 2.24) is 19.9 Å². The van der Waals surface area contributed by atoms with Crippen LogP contribution in [0.25, 0.3) is 33.5 Å². The molecule has 0 unspecified atom stereocenters. The van der Waals surface area contributed by atoms with E-state index in [2.05, 4.69) is 15.3 Å². The molecular formula is C23H17N5. The third kappa shape index (κ3) is 3.21. The lowest BCUT2D eigenvalue weighted by atomic mass is 10.1. The van der Waals surface area contributed by atoms with Gasteiger partial charge in [-0.3, -0.25) is 5.32 Å². The van der Waals surface area contributed by atoms with E-state index >= 15 is 0 Å². The molecule has 0 saturated heterocycles. The highest BCUT2D eigenvalue weighted by Crippen LogP contribution is 2.26. The molecule has 5 nitrogen and oxygen atoms in total. The molecule has 0 spiro atoms. The van der Waals surface area contributed by atoms with E-state index in [1.807, 2.05) is 91.0 Å². The zero-order chi connectivity index (χ0) is 18.8. The molecule has 5 aromatic rings. The number of nitrogens with one attached hydrogen (secondary N) is 2. The number of hydrogen-bond donors (Lipinski definition) is 2. The van der Waals surface area contributed by atoms with E-state index < -0.39 is 0 Å². The number of aromatic nitrogens is 4. The fraction of sp³-hybridized carbons (Fsp3) is 0. The first-order valence-electron chi connectivity index (χ1n) is 9.07. The van der Waals surface area contributed by atoms with Crippen LogP contribution in [0, 0.1) is 0 Å². The van der Waals surface area contributed by atoms with Crippen LogP contribution < -0.4 is 5.32 Å². The van der Waals surface area contributed by atoms with Crippen LogP contribution in [-0.2, 0) is 0 Å². The summed E-state index contributed by atoms with van der Waals surface area (Å²) in [5.41, 5.74) is 5.64. The van der Waals surface area contributed by atoms with Crippen LogP contribution >= 0.6 is 0 Å². The second-order valence-corrected chi connectivity index (χ2v) is 6.42. The smallest absolute Gasteiger partial charge is 0.230 e. The number of para-hydroxylation sites is 2. The Labute approximate surface area is 162 Å². The van der Waals surface area contributed by atoms with Crippen molar-refractivity contribution in [3.8, 4) is 22.5 Å². The van der Waals surface area contributed by atoms with E-state index in [0.29, 0.717) is 11.9 Å². The van der Waals surface area contributed by atoms with Crippen molar-refractivity contribution in [1.29, 1.82) is 0 Å². The lowest BCUT2D eigenvalue weighted by molar-refractivity contribution is 1.15. The molecule has 0 radical (unpaired) electrons. The molecule has 0 aliphatic rings. The van der Waals surface area contributed by atoms with E-state index in [9.17, 15) is 0 Å². The Morgan fingerprint density at radius 3 is 1.79 bits per heavy atom. The normalized spacial score (nSPS) is 10.9. The van der Waals surface area contributed by atoms with Crippen molar-refractivity contribution >= 4 is 22.9 Å². The van der Waals surface area contributed by atoms with Gasteiger partial charge >= 0.3 is 0 Å². The first kappa shape index (κ1) is 16.2. The quantitative estimate of drug-likeness (QED) is 0.447. The molecule has 0 aliphatic carbocycles. The second kappa shape index (κ2) is 6.96. The minimum absolute atomic E-state index is 0.499. The zero-order valence-corrected chi connectivity index (χ0v) is 15.0. The maximum atomic E-state index is 4.71. The van der Waals surface area contributed by atoms with Crippen LogP contribution in [0.3, 0.4) is 0 Å². The average molecular weight is 363 g/mol. The van der Waals surface area contributed by atoms with Crippen LogP contribution in [0.2, 0.25) is 0 Å². The summed E-state index contributed by atoms with van der Waals surface area (Å²) in [6, 6.07) is 30.1. The summed E-state index contributed by atoms with van der Waals surface area (Å²) in [5.74, 6) is 1.12. The second-order valence-electron chi connectivity index (χ2n) is 6.42. The van der Waals surface area contributed by atoms with Gasteiger partial charge < -0.3 is 4.98 Å². The van der Waals surface area contributed by atoms with E-state index in [1.54, 1.807) is 0 Å². The predicted molar refractivity (Wildman–Crippen MR) is 112 cm³/mol. The van der Waals surface area contributed by atoms with Gasteiger partial charge in [-0.25, -0.2) is 15.0 Å². The van der Waals surface area contributed by atoms with Crippen molar-refractivity contribution < 1.29 is 0 Å². The number of H-pyrrole nitrogens is 1. The maximum absolute atomic E-state index is 4.71. The standard InChI is InChI=1S/C23H17N5/c1-3-9-16(10-4-1)20-15-21(17-11-5-2-6-12-17)27-23(26-20)28-22-24-18-13-7-8-14-19(18)25-22/h1-15H,(H2,24,25,26,27,28). The molecule has 0 fully saturated rings. The van der Waals surface area contributed by atoms with Crippen LogP contribution in [-0.4, -0.2) is 19.9 Å². The molecule has 5 heteroatoms. The van der Waals surface area contributed by atoms with Crippen LogP contribution in [0.15, 0.2) is 91.0 Å². The Morgan fingerprint density at radius 1 is 0.607 bits per heavy atom. The van der Waals surface area contributed by atoms with Gasteiger partial charge in [0.15, 0.2) is 0 Å². The minimum Gasteiger partial charge on any atom is -0.324 e. The highest BCUT2D eigenvalue weighted by molar-refractivity contribution is 5.78. The summed E-state index contributed by atoms with van der Waals surface area (Å²) < 4.78 is 0. The monoisotopic (exact) mass is 363 g/mol. The number of aromatic amines is 1. The lowest BCUT2D eigenvalue weighted by Crippen LogP contribution is -2.01. The first-order chi connectivity index (χ1) is 13.8. The molecule has 0 atom stereocenters. The van der Waals surface area contributed by atoms with Gasteiger partial charge in [0.1, 0.15) is 0 Å². The minimum atomic E-state index is 0.499. The highest BCUT2D eigenvalue weighted by atomic mass is 15.2. The topological polar surface area (TPSA) is 66.5 Å². The van der Waals surface area contributed by atoms with Crippen LogP contribution in [0.5, 0.6) is 0 Å². The number of fused-ring (bicyclic) bond motifs is 1. The summed E-state index contributed by atoms with van der Waals surface area (Å²) >= 11 is 0. The van der Waals surface area contributed by atoms with E-state index in [4.69, 9.17) is 9.97 Å². The molecule has 2 heterocycles. The summed E-state index contributed by atoms with van der Waals surface area (Å²) in [6.07, 6.45) is 0. The Hall–Kier alpha value is -3.99. The zero-order valence-electron chi connectivity index (χ0n) is 15.0. The molecule has 28 heavy (non-hydrogen) atoms. The van der Waals surface area contributed by atoms with Crippen molar-refractivity contribution in [2.45, 2.75) is 0 Å². The van der Waals surface area contributed by atoms with Crippen LogP contribution in [0.4, 0.5) is 11.9 Å². The number of hydrogen-bond acceptors (Lipinski definition) is 4. The predicted octanol–water partition coefficient (Wildman–Crippen LogP) is 5.43. The molecule has 5 rings (SSSR count). The highest BCUT2D eigenvalue weighted by Gasteiger charge is 2.10. The Kier molecular flexibility index (Phi) is 4.03.